The van der Waals surface area contributed by atoms with E-state index < -0.39 is 10.0 Å². The molecule has 1 aromatic heterocycles. The van der Waals surface area contributed by atoms with Crippen molar-refractivity contribution in [1.29, 1.82) is 0 Å². The Labute approximate surface area is 114 Å². The molecule has 1 aliphatic rings. The highest BCUT2D eigenvalue weighted by atomic mass is 32.2. The van der Waals surface area contributed by atoms with E-state index in [1.54, 1.807) is 12.4 Å². The lowest BCUT2D eigenvalue weighted by Gasteiger charge is -2.36. The number of aromatic nitrogens is 1. The molecule has 1 saturated heterocycles. The van der Waals surface area contributed by atoms with Gasteiger partial charge < -0.3 is 5.73 Å². The Morgan fingerprint density at radius 1 is 1.42 bits per heavy atom. The van der Waals surface area contributed by atoms with Crippen LogP contribution in [0.5, 0.6) is 0 Å². The van der Waals surface area contributed by atoms with Crippen molar-refractivity contribution in [2.24, 2.45) is 11.7 Å². The molecule has 2 rings (SSSR count). The average molecular weight is 283 g/mol. The lowest BCUT2D eigenvalue weighted by molar-refractivity contribution is 0.192. The molecule has 0 aromatic carbocycles. The van der Waals surface area contributed by atoms with Crippen LogP contribution in [-0.2, 0) is 16.4 Å². The van der Waals surface area contributed by atoms with E-state index in [-0.39, 0.29) is 17.8 Å². The molecule has 106 valence electrons. The Hall–Kier alpha value is -0.980. The monoisotopic (exact) mass is 283 g/mol. The summed E-state index contributed by atoms with van der Waals surface area (Å²) in [6.45, 7) is 2.55. The fraction of sp³-hybridized carbons (Fsp3) is 0.615. The fourth-order valence-corrected chi connectivity index (χ4v) is 4.12. The molecule has 6 heteroatoms. The minimum Gasteiger partial charge on any atom is -0.315 e. The number of hydrogen-bond donors (Lipinski definition) is 1. The lowest BCUT2D eigenvalue weighted by atomic mass is 9.99. The summed E-state index contributed by atoms with van der Waals surface area (Å²) in [5.41, 5.74) is 7.00. The summed E-state index contributed by atoms with van der Waals surface area (Å²) in [6.07, 6.45) is 5.37. The highest BCUT2D eigenvalue weighted by molar-refractivity contribution is 7.89. The number of aryl methyl sites for hydroxylation is 1. The quantitative estimate of drug-likeness (QED) is 0.893. The number of nitrogens with zero attached hydrogens (tertiary/aromatic N) is 2. The van der Waals surface area contributed by atoms with E-state index in [4.69, 9.17) is 5.73 Å². The summed E-state index contributed by atoms with van der Waals surface area (Å²) in [5.74, 6) is 0.335. The molecule has 0 aliphatic carbocycles. The molecule has 1 aliphatic heterocycles. The molecule has 5 nitrogen and oxygen atoms in total. The summed E-state index contributed by atoms with van der Waals surface area (Å²) in [6, 6.07) is 3.68. The van der Waals surface area contributed by atoms with Crippen molar-refractivity contribution in [3.05, 3.63) is 30.1 Å². The van der Waals surface area contributed by atoms with Crippen molar-refractivity contribution in [1.82, 2.24) is 9.29 Å². The van der Waals surface area contributed by atoms with Crippen LogP contribution in [0.1, 0.15) is 25.3 Å². The number of sulfonamides is 1. The molecule has 0 spiro atoms. The van der Waals surface area contributed by atoms with Crippen LogP contribution in [-0.4, -0.2) is 36.2 Å². The van der Waals surface area contributed by atoms with Gasteiger partial charge in [0.25, 0.3) is 0 Å². The van der Waals surface area contributed by atoms with Gasteiger partial charge in [-0.3, -0.25) is 4.98 Å². The number of nitrogens with two attached hydrogens (primary N) is 1. The molecular weight excluding hydrogens is 262 g/mol. The molecule has 0 saturated carbocycles. The smallest absolute Gasteiger partial charge is 0.215 e. The van der Waals surface area contributed by atoms with Crippen LogP contribution < -0.4 is 5.73 Å². The van der Waals surface area contributed by atoms with E-state index in [9.17, 15) is 8.42 Å². The first-order valence-corrected chi connectivity index (χ1v) is 8.25. The van der Waals surface area contributed by atoms with Gasteiger partial charge in [-0.15, -0.1) is 0 Å². The van der Waals surface area contributed by atoms with Gasteiger partial charge in [-0.1, -0.05) is 6.92 Å². The molecular formula is C13H21N3O2S. The number of piperidine rings is 1. The number of rotatable bonds is 4. The van der Waals surface area contributed by atoms with Crippen LogP contribution in [0.3, 0.4) is 0 Å². The van der Waals surface area contributed by atoms with Crippen LogP contribution >= 0.6 is 0 Å². The largest absolute Gasteiger partial charge is 0.315 e. The second kappa shape index (κ2) is 5.98. The summed E-state index contributed by atoms with van der Waals surface area (Å²) >= 11 is 0. The summed E-state index contributed by atoms with van der Waals surface area (Å²) < 4.78 is 26.2. The predicted molar refractivity (Wildman–Crippen MR) is 74.8 cm³/mol. The van der Waals surface area contributed by atoms with E-state index in [0.29, 0.717) is 13.0 Å². The highest BCUT2D eigenvalue weighted by Gasteiger charge is 2.33. The summed E-state index contributed by atoms with van der Waals surface area (Å²) in [7, 11) is -3.28. The molecule has 1 aromatic rings. The lowest BCUT2D eigenvalue weighted by Crippen LogP contribution is -2.53. The fourth-order valence-electron chi connectivity index (χ4n) is 2.41. The Balaban J connectivity index is 2.02. The van der Waals surface area contributed by atoms with Crippen LogP contribution in [0.25, 0.3) is 0 Å². The molecule has 0 radical (unpaired) electrons. The molecule has 0 amide bonds. The zero-order chi connectivity index (χ0) is 13.9. The molecule has 1 fully saturated rings. The second-order valence-electron chi connectivity index (χ2n) is 5.14. The van der Waals surface area contributed by atoms with Crippen molar-refractivity contribution in [3.8, 4) is 0 Å². The topological polar surface area (TPSA) is 76.3 Å². The zero-order valence-corrected chi connectivity index (χ0v) is 12.0. The zero-order valence-electron chi connectivity index (χ0n) is 11.2. The Morgan fingerprint density at radius 3 is 2.79 bits per heavy atom. The molecule has 19 heavy (non-hydrogen) atoms. The molecule has 2 unspecified atom stereocenters. The van der Waals surface area contributed by atoms with Gasteiger partial charge in [-0.2, -0.15) is 4.31 Å². The SMILES string of the molecule is CC1CCCN(S(=O)(=O)CCc2ccncc2)C1N. The number of pyridine rings is 1. The van der Waals surface area contributed by atoms with Crippen molar-refractivity contribution in [2.75, 3.05) is 12.3 Å². The second-order valence-corrected chi connectivity index (χ2v) is 7.18. The van der Waals surface area contributed by atoms with Crippen LogP contribution in [0.4, 0.5) is 0 Å². The maximum absolute atomic E-state index is 12.3. The predicted octanol–water partition coefficient (Wildman–Crippen LogP) is 0.971. The van der Waals surface area contributed by atoms with Gasteiger partial charge in [0.05, 0.1) is 11.9 Å². The molecule has 0 bridgehead atoms. The van der Waals surface area contributed by atoms with E-state index >= 15 is 0 Å². The Morgan fingerprint density at radius 2 is 2.11 bits per heavy atom. The first-order chi connectivity index (χ1) is 9.00. The Bertz CT molecular complexity index is 504. The van der Waals surface area contributed by atoms with Gasteiger partial charge >= 0.3 is 0 Å². The van der Waals surface area contributed by atoms with Crippen molar-refractivity contribution >= 4 is 10.0 Å². The van der Waals surface area contributed by atoms with Gasteiger partial charge in [0.2, 0.25) is 10.0 Å². The van der Waals surface area contributed by atoms with Gasteiger partial charge in [0.1, 0.15) is 0 Å². The third-order valence-electron chi connectivity index (χ3n) is 3.71. The van der Waals surface area contributed by atoms with Gasteiger partial charge in [0.15, 0.2) is 0 Å². The van der Waals surface area contributed by atoms with E-state index in [0.717, 1.165) is 18.4 Å². The van der Waals surface area contributed by atoms with Gasteiger partial charge in [0, 0.05) is 18.9 Å². The van der Waals surface area contributed by atoms with E-state index in [1.165, 1.54) is 4.31 Å². The van der Waals surface area contributed by atoms with E-state index in [2.05, 4.69) is 4.98 Å². The van der Waals surface area contributed by atoms with Gasteiger partial charge in [-0.25, -0.2) is 8.42 Å². The van der Waals surface area contributed by atoms with Crippen molar-refractivity contribution in [2.45, 2.75) is 32.4 Å². The normalized spacial score (nSPS) is 25.4. The summed E-state index contributed by atoms with van der Waals surface area (Å²) in [5, 5.41) is 0. The van der Waals surface area contributed by atoms with Crippen LogP contribution in [0, 0.1) is 5.92 Å². The van der Waals surface area contributed by atoms with Crippen LogP contribution in [0.2, 0.25) is 0 Å². The third kappa shape index (κ3) is 3.52. The minimum absolute atomic E-state index is 0.109. The van der Waals surface area contributed by atoms with Crippen molar-refractivity contribution < 1.29 is 8.42 Å². The first-order valence-electron chi connectivity index (χ1n) is 6.65. The minimum atomic E-state index is -3.28. The highest BCUT2D eigenvalue weighted by Crippen LogP contribution is 2.23. The van der Waals surface area contributed by atoms with Gasteiger partial charge in [-0.05, 0) is 42.9 Å². The van der Waals surface area contributed by atoms with Crippen LogP contribution in [0.15, 0.2) is 24.5 Å². The standard InChI is InChI=1S/C13H21N3O2S/c1-11-3-2-9-16(13(11)14)19(17,18)10-6-12-4-7-15-8-5-12/h4-5,7-8,11,13H,2-3,6,9-10,14H2,1H3. The number of hydrogen-bond acceptors (Lipinski definition) is 4. The van der Waals surface area contributed by atoms with E-state index in [1.807, 2.05) is 19.1 Å². The Kier molecular flexibility index (Phi) is 4.54. The third-order valence-corrected chi connectivity index (χ3v) is 5.57. The first kappa shape index (κ1) is 14.4. The average Bonchev–Trinajstić information content (AvgIpc) is 2.41. The molecule has 2 heterocycles. The van der Waals surface area contributed by atoms with Crippen molar-refractivity contribution in [3.63, 3.8) is 0 Å². The molecule has 2 N–H and O–H groups in total. The maximum atomic E-state index is 12.3. The maximum Gasteiger partial charge on any atom is 0.215 e. The molecule has 2 atom stereocenters. The summed E-state index contributed by atoms with van der Waals surface area (Å²) in [4.78, 5) is 3.92.